The third-order valence-electron chi connectivity index (χ3n) is 4.61. The summed E-state index contributed by atoms with van der Waals surface area (Å²) in [5.74, 6) is -0.0643. The number of nitrogens with one attached hydrogen (secondary N) is 1. The molecule has 0 spiro atoms. The van der Waals surface area contributed by atoms with Gasteiger partial charge in [-0.25, -0.2) is 17.5 Å². The van der Waals surface area contributed by atoms with E-state index in [1.807, 2.05) is 0 Å². The second kappa shape index (κ2) is 8.24. The van der Waals surface area contributed by atoms with Crippen LogP contribution in [0.3, 0.4) is 0 Å². The van der Waals surface area contributed by atoms with Crippen molar-refractivity contribution >= 4 is 21.6 Å². The Labute approximate surface area is 163 Å². The smallest absolute Gasteiger partial charge is 0.227 e. The number of sulfonamides is 1. The van der Waals surface area contributed by atoms with Gasteiger partial charge in [0, 0.05) is 43.0 Å². The lowest BCUT2D eigenvalue weighted by molar-refractivity contribution is -0.118. The van der Waals surface area contributed by atoms with Gasteiger partial charge in [0.15, 0.2) is 0 Å². The Bertz CT molecular complexity index is 995. The Morgan fingerprint density at radius 1 is 1.25 bits per heavy atom. The van der Waals surface area contributed by atoms with Crippen molar-refractivity contribution in [2.45, 2.75) is 19.8 Å². The number of anilines is 1. The quantitative estimate of drug-likeness (QED) is 0.711. The summed E-state index contributed by atoms with van der Waals surface area (Å²) < 4.78 is 45.4. The first-order valence-electron chi connectivity index (χ1n) is 8.95. The summed E-state index contributed by atoms with van der Waals surface area (Å²) in [6.45, 7) is 1.81. The summed E-state index contributed by atoms with van der Waals surface area (Å²) >= 11 is 0. The van der Waals surface area contributed by atoms with Crippen molar-refractivity contribution in [3.63, 3.8) is 0 Å². The largest absolute Gasteiger partial charge is 0.491 e. The second-order valence-electron chi connectivity index (χ2n) is 6.47. The molecule has 0 saturated heterocycles. The van der Waals surface area contributed by atoms with Gasteiger partial charge in [-0.15, -0.1) is 0 Å². The van der Waals surface area contributed by atoms with Crippen molar-refractivity contribution in [1.29, 1.82) is 0 Å². The van der Waals surface area contributed by atoms with Gasteiger partial charge in [0.2, 0.25) is 15.9 Å². The number of halogens is 1. The summed E-state index contributed by atoms with van der Waals surface area (Å²) in [5.41, 5.74) is 2.41. The Kier molecular flexibility index (Phi) is 5.95. The molecule has 1 amide bonds. The molecule has 2 aromatic rings. The van der Waals surface area contributed by atoms with Crippen molar-refractivity contribution in [3.8, 4) is 16.9 Å². The first-order valence-corrected chi connectivity index (χ1v) is 10.6. The molecule has 1 aliphatic heterocycles. The maximum absolute atomic E-state index is 14.7. The number of carbonyl (C=O) groups is 1. The molecule has 150 valence electrons. The molecular weight excluding hydrogens is 385 g/mol. The number of nitrogens with zero attached hydrogens (tertiary/aromatic N) is 2. The average molecular weight is 407 g/mol. The van der Waals surface area contributed by atoms with Crippen LogP contribution < -0.4 is 14.4 Å². The molecular formula is C19H22FN3O4S. The van der Waals surface area contributed by atoms with Gasteiger partial charge < -0.3 is 9.64 Å². The average Bonchev–Trinajstić information content (AvgIpc) is 2.68. The van der Waals surface area contributed by atoms with Crippen LogP contribution in [0.5, 0.6) is 5.75 Å². The van der Waals surface area contributed by atoms with Crippen LogP contribution in [0.2, 0.25) is 0 Å². The van der Waals surface area contributed by atoms with Gasteiger partial charge in [0.1, 0.15) is 18.2 Å². The Hall–Kier alpha value is -2.52. The summed E-state index contributed by atoms with van der Waals surface area (Å²) in [5, 5.41) is 0. The number of aryl methyl sites for hydroxylation is 1. The van der Waals surface area contributed by atoms with Crippen LogP contribution in [-0.4, -0.2) is 45.3 Å². The fourth-order valence-electron chi connectivity index (χ4n) is 3.00. The number of ether oxygens (including phenoxy) is 1. The lowest BCUT2D eigenvalue weighted by atomic mass is 9.96. The number of hydrogen-bond donors (Lipinski definition) is 1. The first kappa shape index (κ1) is 20.2. The van der Waals surface area contributed by atoms with Crippen molar-refractivity contribution in [2.75, 3.05) is 30.9 Å². The highest BCUT2D eigenvalue weighted by atomic mass is 32.2. The van der Waals surface area contributed by atoms with Crippen molar-refractivity contribution < 1.29 is 22.3 Å². The molecule has 0 unspecified atom stereocenters. The highest BCUT2D eigenvalue weighted by Gasteiger charge is 2.23. The first-order chi connectivity index (χ1) is 13.3. The molecule has 1 N–H and O–H groups in total. The predicted octanol–water partition coefficient (Wildman–Crippen LogP) is 2.11. The molecule has 1 aromatic carbocycles. The van der Waals surface area contributed by atoms with Crippen LogP contribution in [-0.2, 0) is 21.2 Å². The Balaban J connectivity index is 1.76. The lowest BCUT2D eigenvalue weighted by Gasteiger charge is -2.26. The summed E-state index contributed by atoms with van der Waals surface area (Å²) in [4.78, 5) is 17.4. The number of carbonyl (C=O) groups excluding carboxylic acids is 1. The van der Waals surface area contributed by atoms with Gasteiger partial charge in [0.05, 0.1) is 11.9 Å². The minimum absolute atomic E-state index is 0.00241. The number of pyridine rings is 1. The van der Waals surface area contributed by atoms with Gasteiger partial charge in [-0.2, -0.15) is 0 Å². The Morgan fingerprint density at radius 2 is 2.04 bits per heavy atom. The molecule has 0 saturated carbocycles. The number of aromatic nitrogens is 1. The highest BCUT2D eigenvalue weighted by Crippen LogP contribution is 2.34. The van der Waals surface area contributed by atoms with Crippen LogP contribution in [0.4, 0.5) is 10.1 Å². The van der Waals surface area contributed by atoms with E-state index in [1.165, 1.54) is 23.4 Å². The molecule has 0 radical (unpaired) electrons. The normalized spacial score (nSPS) is 14.1. The molecule has 28 heavy (non-hydrogen) atoms. The van der Waals surface area contributed by atoms with E-state index in [1.54, 1.807) is 26.1 Å². The van der Waals surface area contributed by atoms with Crippen molar-refractivity contribution in [1.82, 2.24) is 9.71 Å². The van der Waals surface area contributed by atoms with Gasteiger partial charge in [-0.1, -0.05) is 0 Å². The van der Waals surface area contributed by atoms with Crippen molar-refractivity contribution in [2.24, 2.45) is 0 Å². The number of fused-ring (bicyclic) bond motifs is 1. The van der Waals surface area contributed by atoms with Crippen LogP contribution in [0.25, 0.3) is 11.1 Å². The molecule has 1 aromatic heterocycles. The zero-order chi connectivity index (χ0) is 20.3. The molecule has 3 rings (SSSR count). The maximum atomic E-state index is 14.7. The second-order valence-corrected chi connectivity index (χ2v) is 8.56. The van der Waals surface area contributed by atoms with Gasteiger partial charge in [-0.3, -0.25) is 9.78 Å². The number of rotatable bonds is 7. The predicted molar refractivity (Wildman–Crippen MR) is 104 cm³/mol. The maximum Gasteiger partial charge on any atom is 0.227 e. The van der Waals surface area contributed by atoms with E-state index in [0.29, 0.717) is 35.4 Å². The molecule has 9 heteroatoms. The van der Waals surface area contributed by atoms with Crippen LogP contribution >= 0.6 is 0 Å². The van der Waals surface area contributed by atoms with E-state index >= 15 is 0 Å². The zero-order valence-electron chi connectivity index (χ0n) is 15.7. The van der Waals surface area contributed by atoms with E-state index in [0.717, 1.165) is 5.56 Å². The minimum Gasteiger partial charge on any atom is -0.491 e. The lowest BCUT2D eigenvalue weighted by Crippen LogP contribution is -2.31. The number of benzene rings is 1. The molecule has 0 bridgehead atoms. The van der Waals surface area contributed by atoms with Gasteiger partial charge >= 0.3 is 0 Å². The monoisotopic (exact) mass is 407 g/mol. The summed E-state index contributed by atoms with van der Waals surface area (Å²) in [7, 11) is -1.63. The molecule has 7 nitrogen and oxygen atoms in total. The van der Waals surface area contributed by atoms with Gasteiger partial charge in [-0.05, 0) is 37.1 Å². The topological polar surface area (TPSA) is 88.6 Å². The fourth-order valence-corrected chi connectivity index (χ4v) is 3.60. The fraction of sp³-hybridized carbons (Fsp3) is 0.368. The number of amides is 1. The highest BCUT2D eigenvalue weighted by molar-refractivity contribution is 7.89. The van der Waals surface area contributed by atoms with Crippen molar-refractivity contribution in [3.05, 3.63) is 42.0 Å². The third-order valence-corrected chi connectivity index (χ3v) is 6.01. The van der Waals surface area contributed by atoms with Crippen LogP contribution in [0.1, 0.15) is 18.9 Å². The van der Waals surface area contributed by atoms with E-state index in [2.05, 4.69) is 9.71 Å². The third kappa shape index (κ3) is 4.48. The van der Waals surface area contributed by atoms with E-state index in [-0.39, 0.29) is 24.8 Å². The van der Waals surface area contributed by atoms with E-state index in [9.17, 15) is 17.6 Å². The number of hydrogen-bond acceptors (Lipinski definition) is 5. The summed E-state index contributed by atoms with van der Waals surface area (Å²) in [6, 6.07) is 4.77. The van der Waals surface area contributed by atoms with Crippen LogP contribution in [0, 0.1) is 5.82 Å². The SMILES string of the molecule is CCS(=O)(=O)NCCOc1cncc(-c2cc3c(cc2F)N(C)C(=O)CC3)c1. The zero-order valence-corrected chi connectivity index (χ0v) is 16.6. The molecule has 2 heterocycles. The van der Waals surface area contributed by atoms with Crippen LogP contribution in [0.15, 0.2) is 30.6 Å². The minimum atomic E-state index is -3.27. The standard InChI is InChI=1S/C19H22FN3O4S/c1-3-28(25,26)22-6-7-27-15-8-14(11-21-12-15)16-9-13-4-5-19(24)23(2)18(13)10-17(16)20/h8-12,22H,3-7H2,1-2H3. The molecule has 0 atom stereocenters. The van der Waals surface area contributed by atoms with E-state index < -0.39 is 15.8 Å². The van der Waals surface area contributed by atoms with E-state index in [4.69, 9.17) is 4.74 Å². The molecule has 0 fully saturated rings. The molecule has 0 aliphatic carbocycles. The summed E-state index contributed by atoms with van der Waals surface area (Å²) in [6.07, 6.45) is 3.98. The van der Waals surface area contributed by atoms with Gasteiger partial charge in [0.25, 0.3) is 0 Å². The molecule has 1 aliphatic rings. The Morgan fingerprint density at radius 3 is 2.79 bits per heavy atom.